The second kappa shape index (κ2) is 3.87. The van der Waals surface area contributed by atoms with Crippen LogP contribution in [-0.2, 0) is 13.3 Å². The van der Waals surface area contributed by atoms with E-state index in [2.05, 4.69) is 0 Å². The van der Waals surface area contributed by atoms with Crippen molar-refractivity contribution in [3.63, 3.8) is 0 Å². The van der Waals surface area contributed by atoms with Crippen LogP contribution in [0.15, 0.2) is 42.5 Å². The summed E-state index contributed by atoms with van der Waals surface area (Å²) in [4.78, 5) is 0. The molecule has 0 aliphatic heterocycles. The summed E-state index contributed by atoms with van der Waals surface area (Å²) >= 11 is 0. The minimum Gasteiger partial charge on any atom is -0.392 e. The predicted molar refractivity (Wildman–Crippen MR) is 67.6 cm³/mol. The molecule has 0 atom stereocenters. The maximum atomic E-state index is 9.52. The lowest BCUT2D eigenvalue weighted by molar-refractivity contribution is 0.219. The fourth-order valence-electron chi connectivity index (χ4n) is 2.46. The molecule has 1 heterocycles. The van der Waals surface area contributed by atoms with Gasteiger partial charge in [-0.2, -0.15) is 0 Å². The highest BCUT2D eigenvalue weighted by atomic mass is 16.3. The number of rotatable bonds is 2. The van der Waals surface area contributed by atoms with Gasteiger partial charge in [0.25, 0.3) is 0 Å². The normalized spacial score (nSPS) is 11.4. The smallest absolute Gasteiger partial charge is 0.120 e. The number of aromatic nitrogens is 1. The van der Waals surface area contributed by atoms with Gasteiger partial charge in [0.05, 0.1) is 17.6 Å². The lowest BCUT2D eigenvalue weighted by Crippen LogP contribution is -1.98. The SMILES string of the molecule is OCc1cccc2c3ccccc3n(CO)c12. The molecule has 0 fully saturated rings. The molecular formula is C14H13NO2. The number of para-hydroxylation sites is 2. The lowest BCUT2D eigenvalue weighted by atomic mass is 10.1. The average Bonchev–Trinajstić information content (AvgIpc) is 2.72. The fourth-order valence-corrected chi connectivity index (χ4v) is 2.46. The third kappa shape index (κ3) is 1.37. The Hall–Kier alpha value is -1.84. The highest BCUT2D eigenvalue weighted by Crippen LogP contribution is 2.30. The third-order valence-electron chi connectivity index (χ3n) is 3.19. The van der Waals surface area contributed by atoms with Gasteiger partial charge < -0.3 is 14.8 Å². The molecule has 0 aliphatic carbocycles. The van der Waals surface area contributed by atoms with Crippen LogP contribution in [0.25, 0.3) is 21.8 Å². The van der Waals surface area contributed by atoms with Crippen LogP contribution in [0.5, 0.6) is 0 Å². The summed E-state index contributed by atoms with van der Waals surface area (Å²) in [5.74, 6) is 0. The van der Waals surface area contributed by atoms with E-state index in [1.165, 1.54) is 0 Å². The monoisotopic (exact) mass is 227 g/mol. The minimum absolute atomic E-state index is 0.0202. The molecule has 86 valence electrons. The Morgan fingerprint density at radius 3 is 2.41 bits per heavy atom. The summed E-state index contributed by atoms with van der Waals surface area (Å²) in [6.07, 6.45) is 0. The van der Waals surface area contributed by atoms with Crippen molar-refractivity contribution in [2.75, 3.05) is 0 Å². The molecule has 2 aromatic carbocycles. The zero-order valence-corrected chi connectivity index (χ0v) is 9.30. The average molecular weight is 227 g/mol. The van der Waals surface area contributed by atoms with E-state index in [4.69, 9.17) is 0 Å². The number of fused-ring (bicyclic) bond motifs is 3. The summed E-state index contributed by atoms with van der Waals surface area (Å²) in [6.45, 7) is -0.102. The van der Waals surface area contributed by atoms with Crippen molar-refractivity contribution in [1.82, 2.24) is 4.57 Å². The largest absolute Gasteiger partial charge is 0.392 e. The van der Waals surface area contributed by atoms with Crippen molar-refractivity contribution in [3.8, 4) is 0 Å². The summed E-state index contributed by atoms with van der Waals surface area (Å²) < 4.78 is 1.83. The molecule has 0 amide bonds. The number of hydrogen-bond donors (Lipinski definition) is 2. The van der Waals surface area contributed by atoms with Crippen LogP contribution in [0.2, 0.25) is 0 Å². The van der Waals surface area contributed by atoms with E-state index in [0.717, 1.165) is 27.4 Å². The summed E-state index contributed by atoms with van der Waals surface area (Å²) in [7, 11) is 0. The van der Waals surface area contributed by atoms with Crippen LogP contribution in [-0.4, -0.2) is 14.8 Å². The van der Waals surface area contributed by atoms with E-state index in [0.29, 0.717) is 0 Å². The van der Waals surface area contributed by atoms with Crippen molar-refractivity contribution in [2.24, 2.45) is 0 Å². The van der Waals surface area contributed by atoms with E-state index in [-0.39, 0.29) is 13.3 Å². The van der Waals surface area contributed by atoms with Crippen molar-refractivity contribution in [1.29, 1.82) is 0 Å². The first-order valence-corrected chi connectivity index (χ1v) is 5.57. The molecule has 3 nitrogen and oxygen atoms in total. The number of nitrogens with zero attached hydrogens (tertiary/aromatic N) is 1. The third-order valence-corrected chi connectivity index (χ3v) is 3.19. The van der Waals surface area contributed by atoms with Crippen LogP contribution in [0, 0.1) is 0 Å². The van der Waals surface area contributed by atoms with E-state index in [9.17, 15) is 10.2 Å². The fraction of sp³-hybridized carbons (Fsp3) is 0.143. The number of benzene rings is 2. The predicted octanol–water partition coefficient (Wildman–Crippen LogP) is 2.24. The Balaban J connectivity index is 2.58. The molecule has 1 aromatic heterocycles. The Bertz CT molecular complexity index is 685. The highest BCUT2D eigenvalue weighted by molar-refractivity contribution is 6.09. The van der Waals surface area contributed by atoms with Crippen LogP contribution in [0.3, 0.4) is 0 Å². The molecular weight excluding hydrogens is 214 g/mol. The first kappa shape index (κ1) is 10.3. The van der Waals surface area contributed by atoms with E-state index in [1.54, 1.807) is 0 Å². The standard InChI is InChI=1S/C14H13NO2/c16-8-10-4-3-6-12-11-5-1-2-7-13(11)15(9-17)14(10)12/h1-7,16-17H,8-9H2. The maximum absolute atomic E-state index is 9.52. The molecule has 0 radical (unpaired) electrons. The summed E-state index contributed by atoms with van der Waals surface area (Å²) in [5.41, 5.74) is 2.75. The van der Waals surface area contributed by atoms with Gasteiger partial charge >= 0.3 is 0 Å². The van der Waals surface area contributed by atoms with Crippen LogP contribution >= 0.6 is 0 Å². The zero-order chi connectivity index (χ0) is 11.8. The molecule has 3 aromatic rings. The molecule has 0 saturated heterocycles. The number of hydrogen-bond acceptors (Lipinski definition) is 2. The zero-order valence-electron chi connectivity index (χ0n) is 9.30. The Kier molecular flexibility index (Phi) is 2.35. The Morgan fingerprint density at radius 2 is 1.65 bits per heavy atom. The summed E-state index contributed by atoms with van der Waals surface area (Å²) in [5, 5.41) is 21.1. The molecule has 0 aliphatic rings. The van der Waals surface area contributed by atoms with Crippen molar-refractivity contribution < 1.29 is 10.2 Å². The van der Waals surface area contributed by atoms with Gasteiger partial charge in [0.1, 0.15) is 6.73 Å². The van der Waals surface area contributed by atoms with Gasteiger partial charge in [-0.15, -0.1) is 0 Å². The van der Waals surface area contributed by atoms with Gasteiger partial charge in [0, 0.05) is 16.3 Å². The lowest BCUT2D eigenvalue weighted by Gasteiger charge is -2.05. The topological polar surface area (TPSA) is 45.4 Å². The van der Waals surface area contributed by atoms with E-state index < -0.39 is 0 Å². The number of aliphatic hydroxyl groups is 2. The van der Waals surface area contributed by atoms with Gasteiger partial charge in [-0.1, -0.05) is 36.4 Å². The molecule has 0 spiro atoms. The maximum Gasteiger partial charge on any atom is 0.120 e. The van der Waals surface area contributed by atoms with Crippen LogP contribution in [0.1, 0.15) is 5.56 Å². The van der Waals surface area contributed by atoms with Gasteiger partial charge in [-0.3, -0.25) is 0 Å². The van der Waals surface area contributed by atoms with Crippen LogP contribution < -0.4 is 0 Å². The molecule has 0 bridgehead atoms. The molecule has 17 heavy (non-hydrogen) atoms. The molecule has 2 N–H and O–H groups in total. The van der Waals surface area contributed by atoms with Crippen molar-refractivity contribution >= 4 is 21.8 Å². The molecule has 3 rings (SSSR count). The van der Waals surface area contributed by atoms with Gasteiger partial charge in [0.15, 0.2) is 0 Å². The quantitative estimate of drug-likeness (QED) is 0.705. The second-order valence-corrected chi connectivity index (χ2v) is 4.06. The first-order valence-electron chi connectivity index (χ1n) is 5.57. The van der Waals surface area contributed by atoms with Crippen LogP contribution in [0.4, 0.5) is 0 Å². The van der Waals surface area contributed by atoms with Gasteiger partial charge in [-0.25, -0.2) is 0 Å². The molecule has 3 heteroatoms. The van der Waals surface area contributed by atoms with Crippen molar-refractivity contribution in [2.45, 2.75) is 13.3 Å². The molecule has 0 unspecified atom stereocenters. The number of aliphatic hydroxyl groups excluding tert-OH is 2. The Morgan fingerprint density at radius 1 is 0.882 bits per heavy atom. The van der Waals surface area contributed by atoms with Gasteiger partial charge in [-0.05, 0) is 6.07 Å². The first-order chi connectivity index (χ1) is 8.36. The minimum atomic E-state index is -0.0823. The van der Waals surface area contributed by atoms with E-state index >= 15 is 0 Å². The second-order valence-electron chi connectivity index (χ2n) is 4.06. The molecule has 0 saturated carbocycles. The van der Waals surface area contributed by atoms with Crippen molar-refractivity contribution in [3.05, 3.63) is 48.0 Å². The highest BCUT2D eigenvalue weighted by Gasteiger charge is 2.11. The van der Waals surface area contributed by atoms with E-state index in [1.807, 2.05) is 47.0 Å². The summed E-state index contributed by atoms with van der Waals surface area (Å²) in [6, 6.07) is 13.8. The Labute approximate surface area is 98.5 Å². The van der Waals surface area contributed by atoms with Gasteiger partial charge in [0.2, 0.25) is 0 Å².